The monoisotopic (exact) mass is 332 g/mol. The fourth-order valence-corrected chi connectivity index (χ4v) is 5.86. The molecule has 3 nitrogen and oxygen atoms in total. The summed E-state index contributed by atoms with van der Waals surface area (Å²) >= 11 is 0. The Labute approximate surface area is 146 Å². The van der Waals surface area contributed by atoms with Gasteiger partial charge in [-0.05, 0) is 67.3 Å². The lowest BCUT2D eigenvalue weighted by molar-refractivity contribution is -0.155. The average molecular weight is 332 g/mol. The zero-order valence-corrected chi connectivity index (χ0v) is 15.7. The Morgan fingerprint density at radius 1 is 1.33 bits per heavy atom. The van der Waals surface area contributed by atoms with Crippen LogP contribution in [-0.2, 0) is 14.3 Å². The number of fused-ring (bicyclic) bond motifs is 1. The maximum absolute atomic E-state index is 12.0. The molecule has 3 rings (SSSR count). The molecular formula is C21H32O3. The molecule has 2 fully saturated rings. The third-order valence-corrected chi connectivity index (χ3v) is 7.08. The summed E-state index contributed by atoms with van der Waals surface area (Å²) < 4.78 is 10.3. The lowest BCUT2D eigenvalue weighted by Gasteiger charge is -2.58. The first-order valence-electron chi connectivity index (χ1n) is 9.40. The van der Waals surface area contributed by atoms with Gasteiger partial charge in [-0.1, -0.05) is 39.3 Å². The molecule has 0 N–H and O–H groups in total. The highest BCUT2D eigenvalue weighted by Crippen LogP contribution is 2.61. The van der Waals surface area contributed by atoms with Crippen LogP contribution in [0, 0.1) is 22.7 Å². The van der Waals surface area contributed by atoms with E-state index in [4.69, 9.17) is 9.47 Å². The van der Waals surface area contributed by atoms with E-state index in [-0.39, 0.29) is 5.97 Å². The topological polar surface area (TPSA) is 35.5 Å². The van der Waals surface area contributed by atoms with Crippen molar-refractivity contribution in [3.8, 4) is 0 Å². The van der Waals surface area contributed by atoms with Crippen LogP contribution < -0.4 is 0 Å². The summed E-state index contributed by atoms with van der Waals surface area (Å²) in [6.07, 6.45) is 9.44. The third-order valence-electron chi connectivity index (χ3n) is 7.08. The number of hydrogen-bond donors (Lipinski definition) is 0. The molecule has 2 aliphatic carbocycles. The van der Waals surface area contributed by atoms with Gasteiger partial charge in [0.1, 0.15) is 0 Å². The van der Waals surface area contributed by atoms with Crippen molar-refractivity contribution in [2.45, 2.75) is 72.0 Å². The Morgan fingerprint density at radius 3 is 2.75 bits per heavy atom. The molecular weight excluding hydrogens is 300 g/mol. The summed E-state index contributed by atoms with van der Waals surface area (Å²) in [5.41, 5.74) is 2.90. The second-order valence-corrected chi connectivity index (χ2v) is 8.89. The summed E-state index contributed by atoms with van der Waals surface area (Å²) in [4.78, 5) is 12.0. The molecule has 0 aromatic rings. The molecule has 1 unspecified atom stereocenters. The van der Waals surface area contributed by atoms with Crippen LogP contribution in [0.2, 0.25) is 0 Å². The molecule has 0 amide bonds. The van der Waals surface area contributed by atoms with E-state index >= 15 is 0 Å². The van der Waals surface area contributed by atoms with E-state index in [1.165, 1.54) is 31.3 Å². The molecule has 134 valence electrons. The van der Waals surface area contributed by atoms with Crippen LogP contribution in [0.4, 0.5) is 0 Å². The predicted molar refractivity (Wildman–Crippen MR) is 95.3 cm³/mol. The van der Waals surface area contributed by atoms with E-state index in [0.717, 1.165) is 30.8 Å². The Morgan fingerprint density at radius 2 is 2.08 bits per heavy atom. The summed E-state index contributed by atoms with van der Waals surface area (Å²) in [5.74, 6) is 1.05. The summed E-state index contributed by atoms with van der Waals surface area (Å²) in [7, 11) is 1.57. The van der Waals surface area contributed by atoms with Gasteiger partial charge in [0.05, 0.1) is 0 Å². The first-order valence-corrected chi connectivity index (χ1v) is 9.40. The largest absolute Gasteiger partial charge is 0.429 e. The van der Waals surface area contributed by atoms with Crippen molar-refractivity contribution < 1.29 is 14.3 Å². The van der Waals surface area contributed by atoms with Gasteiger partial charge in [-0.2, -0.15) is 0 Å². The van der Waals surface area contributed by atoms with Crippen LogP contribution in [0.1, 0.15) is 65.7 Å². The lowest BCUT2D eigenvalue weighted by atomic mass is 9.47. The molecule has 1 heterocycles. The van der Waals surface area contributed by atoms with Crippen molar-refractivity contribution in [1.29, 1.82) is 0 Å². The maximum atomic E-state index is 12.0. The van der Waals surface area contributed by atoms with E-state index in [2.05, 4.69) is 27.4 Å². The molecule has 1 aliphatic heterocycles. The van der Waals surface area contributed by atoms with Crippen LogP contribution in [0.5, 0.6) is 0 Å². The van der Waals surface area contributed by atoms with Crippen molar-refractivity contribution >= 4 is 5.97 Å². The molecule has 2 saturated carbocycles. The maximum Gasteiger partial charge on any atom is 0.336 e. The van der Waals surface area contributed by atoms with Gasteiger partial charge in [-0.15, -0.1) is 0 Å². The van der Waals surface area contributed by atoms with Crippen LogP contribution >= 0.6 is 0 Å². The molecule has 0 radical (unpaired) electrons. The number of carbonyl (C=O) groups is 1. The molecule has 24 heavy (non-hydrogen) atoms. The van der Waals surface area contributed by atoms with Crippen molar-refractivity contribution in [2.75, 3.05) is 7.11 Å². The fourth-order valence-electron chi connectivity index (χ4n) is 5.86. The van der Waals surface area contributed by atoms with Gasteiger partial charge < -0.3 is 9.47 Å². The van der Waals surface area contributed by atoms with Gasteiger partial charge in [0.15, 0.2) is 0 Å². The Bertz CT molecular complexity index is 559. The van der Waals surface area contributed by atoms with Gasteiger partial charge in [-0.25, -0.2) is 4.79 Å². The first-order chi connectivity index (χ1) is 11.3. The van der Waals surface area contributed by atoms with E-state index in [1.54, 1.807) is 7.11 Å². The fraction of sp³-hybridized carbons (Fsp3) is 0.762. The molecule has 4 atom stereocenters. The van der Waals surface area contributed by atoms with Crippen LogP contribution in [0.3, 0.4) is 0 Å². The molecule has 0 bridgehead atoms. The highest BCUT2D eigenvalue weighted by Gasteiger charge is 2.52. The number of methoxy groups -OCH3 is 1. The summed E-state index contributed by atoms with van der Waals surface area (Å²) in [6.45, 7) is 11.8. The third kappa shape index (κ3) is 2.96. The number of cyclic esters (lactones) is 1. The smallest absolute Gasteiger partial charge is 0.336 e. The van der Waals surface area contributed by atoms with Crippen molar-refractivity contribution in [3.63, 3.8) is 0 Å². The highest BCUT2D eigenvalue weighted by molar-refractivity contribution is 5.90. The normalized spacial score (nSPS) is 38.5. The second kappa shape index (κ2) is 6.33. The Balaban J connectivity index is 1.76. The quantitative estimate of drug-likeness (QED) is 0.535. The van der Waals surface area contributed by atoms with Crippen molar-refractivity contribution in [2.24, 2.45) is 22.7 Å². The van der Waals surface area contributed by atoms with Crippen molar-refractivity contribution in [1.82, 2.24) is 0 Å². The molecule has 0 saturated heterocycles. The number of carbonyl (C=O) groups excluding carboxylic acids is 1. The molecule has 0 aromatic heterocycles. The van der Waals surface area contributed by atoms with Crippen LogP contribution in [-0.4, -0.2) is 19.4 Å². The average Bonchev–Trinajstić information content (AvgIpc) is 2.86. The zero-order chi connectivity index (χ0) is 17.5. The van der Waals surface area contributed by atoms with E-state index < -0.39 is 6.29 Å². The molecule has 0 aromatic carbocycles. The molecule has 3 heteroatoms. The van der Waals surface area contributed by atoms with Gasteiger partial charge in [-0.3, -0.25) is 0 Å². The predicted octanol–water partition coefficient (Wildman–Crippen LogP) is 5.02. The minimum absolute atomic E-state index is 0.214. The number of hydrogen-bond acceptors (Lipinski definition) is 3. The van der Waals surface area contributed by atoms with Gasteiger partial charge in [0, 0.05) is 12.7 Å². The Kier molecular flexibility index (Phi) is 4.67. The first kappa shape index (κ1) is 17.7. The van der Waals surface area contributed by atoms with Crippen LogP contribution in [0.25, 0.3) is 0 Å². The minimum Gasteiger partial charge on any atom is -0.429 e. The van der Waals surface area contributed by atoms with Crippen LogP contribution in [0.15, 0.2) is 23.8 Å². The second-order valence-electron chi connectivity index (χ2n) is 8.89. The highest BCUT2D eigenvalue weighted by atomic mass is 16.7. The Hall–Kier alpha value is -1.09. The number of allylic oxidation sites excluding steroid dienone is 1. The number of ether oxygens (including phenoxy) is 2. The minimum atomic E-state index is -0.501. The SMILES string of the molecule is C=C1CC[C@H]2C(C)(C)CCC[C@]2(C)[C@H]1CCC1=CC(OC)OC1=O. The van der Waals surface area contributed by atoms with Crippen molar-refractivity contribution in [3.05, 3.63) is 23.8 Å². The van der Waals surface area contributed by atoms with E-state index in [1.807, 2.05) is 6.08 Å². The summed E-state index contributed by atoms with van der Waals surface area (Å²) in [5, 5.41) is 0. The lowest BCUT2D eigenvalue weighted by Crippen LogP contribution is -2.49. The molecule has 0 spiro atoms. The number of esters is 1. The zero-order valence-electron chi connectivity index (χ0n) is 15.7. The van der Waals surface area contributed by atoms with E-state index in [0.29, 0.717) is 16.7 Å². The number of rotatable bonds is 4. The van der Waals surface area contributed by atoms with Gasteiger partial charge in [0.2, 0.25) is 6.29 Å². The molecule has 3 aliphatic rings. The van der Waals surface area contributed by atoms with Gasteiger partial charge in [0.25, 0.3) is 0 Å². The van der Waals surface area contributed by atoms with Gasteiger partial charge >= 0.3 is 5.97 Å². The standard InChI is InChI=1S/C21H32O3/c1-14-7-10-17-20(2,3)11-6-12-21(17,4)16(14)9-8-15-13-18(23-5)24-19(15)22/h13,16-18H,1,6-12H2,2-5H3/t16-,17-,18?,21+/m0/s1. The summed E-state index contributed by atoms with van der Waals surface area (Å²) in [6, 6.07) is 0. The van der Waals surface area contributed by atoms with E-state index in [9.17, 15) is 4.79 Å².